The van der Waals surface area contributed by atoms with Crippen molar-refractivity contribution in [1.82, 2.24) is 20.4 Å². The second-order valence-corrected chi connectivity index (χ2v) is 6.32. The number of halogens is 1. The number of aryl methyl sites for hydroxylation is 3. The molecule has 7 heteroatoms. The topological polar surface area (TPSA) is 63.5 Å². The lowest BCUT2D eigenvalue weighted by molar-refractivity contribution is 0.223. The maximum Gasteiger partial charge on any atom is 0.191 e. The van der Waals surface area contributed by atoms with Gasteiger partial charge in [-0.15, -0.1) is 24.0 Å². The predicted molar refractivity (Wildman–Crippen MR) is 118 cm³/mol. The fourth-order valence-corrected chi connectivity index (χ4v) is 2.67. The van der Waals surface area contributed by atoms with Crippen molar-refractivity contribution in [3.8, 4) is 5.75 Å². The van der Waals surface area contributed by atoms with Crippen molar-refractivity contribution in [2.45, 2.75) is 40.3 Å². The minimum atomic E-state index is 0. The summed E-state index contributed by atoms with van der Waals surface area (Å²) in [5, 5.41) is 11.1. The molecule has 144 valence electrons. The van der Waals surface area contributed by atoms with Crippen LogP contribution in [0.5, 0.6) is 5.75 Å². The van der Waals surface area contributed by atoms with Crippen LogP contribution >= 0.6 is 24.0 Å². The molecule has 0 aliphatic carbocycles. The molecule has 0 spiro atoms. The van der Waals surface area contributed by atoms with E-state index in [1.807, 2.05) is 43.8 Å². The van der Waals surface area contributed by atoms with E-state index in [-0.39, 0.29) is 30.1 Å². The molecule has 0 radical (unpaired) electrons. The Morgan fingerprint density at radius 2 is 2.00 bits per heavy atom. The molecule has 0 aliphatic rings. The molecule has 0 amide bonds. The third-order valence-electron chi connectivity index (χ3n) is 4.20. The van der Waals surface area contributed by atoms with Gasteiger partial charge in [-0.2, -0.15) is 5.10 Å². The van der Waals surface area contributed by atoms with E-state index in [2.05, 4.69) is 40.6 Å². The number of aromatic nitrogens is 2. The van der Waals surface area contributed by atoms with Gasteiger partial charge in [0.25, 0.3) is 0 Å². The van der Waals surface area contributed by atoms with E-state index in [1.54, 1.807) is 7.05 Å². The molecule has 2 N–H and O–H groups in total. The third kappa shape index (κ3) is 6.19. The lowest BCUT2D eigenvalue weighted by Gasteiger charge is -2.18. The summed E-state index contributed by atoms with van der Waals surface area (Å²) in [6.45, 7) is 9.56. The Labute approximate surface area is 173 Å². The highest BCUT2D eigenvalue weighted by atomic mass is 127. The highest BCUT2D eigenvalue weighted by Gasteiger charge is 2.10. The predicted octanol–water partition coefficient (Wildman–Crippen LogP) is 3.10. The van der Waals surface area contributed by atoms with E-state index >= 15 is 0 Å². The average molecular weight is 471 g/mol. The Balaban J connectivity index is 0.00000338. The third-order valence-corrected chi connectivity index (χ3v) is 4.20. The van der Waals surface area contributed by atoms with Crippen LogP contribution in [0.4, 0.5) is 0 Å². The van der Waals surface area contributed by atoms with E-state index in [0.29, 0.717) is 13.1 Å². The Kier molecular flexibility index (Phi) is 8.91. The molecule has 0 bridgehead atoms. The number of hydrogen-bond donors (Lipinski definition) is 2. The van der Waals surface area contributed by atoms with Gasteiger partial charge in [0.05, 0.1) is 12.2 Å². The van der Waals surface area contributed by atoms with Crippen LogP contribution in [0.3, 0.4) is 0 Å². The first-order chi connectivity index (χ1) is 11.9. The summed E-state index contributed by atoms with van der Waals surface area (Å²) in [6.07, 6.45) is 0.0298. The van der Waals surface area contributed by atoms with Crippen molar-refractivity contribution >= 4 is 29.9 Å². The van der Waals surface area contributed by atoms with Crippen LogP contribution in [0.15, 0.2) is 29.3 Å². The first kappa shape index (κ1) is 22.3. The highest BCUT2D eigenvalue weighted by molar-refractivity contribution is 14.0. The lowest BCUT2D eigenvalue weighted by Crippen LogP contribution is -2.41. The normalized spacial score (nSPS) is 12.3. The number of guanidine groups is 1. The molecule has 0 saturated heterocycles. The lowest BCUT2D eigenvalue weighted by atomic mass is 10.2. The molecule has 1 heterocycles. The Hall–Kier alpha value is -1.77. The minimum Gasteiger partial charge on any atom is -0.489 e. The fourth-order valence-electron chi connectivity index (χ4n) is 2.67. The molecule has 2 aromatic rings. The largest absolute Gasteiger partial charge is 0.489 e. The molecule has 26 heavy (non-hydrogen) atoms. The van der Waals surface area contributed by atoms with Gasteiger partial charge in [0.2, 0.25) is 0 Å². The summed E-state index contributed by atoms with van der Waals surface area (Å²) in [5.41, 5.74) is 4.60. The molecule has 1 aromatic carbocycles. The number of nitrogens with one attached hydrogen (secondary N) is 2. The Morgan fingerprint density at radius 3 is 2.58 bits per heavy atom. The van der Waals surface area contributed by atoms with Gasteiger partial charge in [-0.1, -0.05) is 12.1 Å². The van der Waals surface area contributed by atoms with Crippen molar-refractivity contribution in [3.05, 3.63) is 46.8 Å². The maximum atomic E-state index is 5.94. The Morgan fingerprint density at radius 1 is 1.27 bits per heavy atom. The van der Waals surface area contributed by atoms with Crippen molar-refractivity contribution in [1.29, 1.82) is 0 Å². The molecule has 0 saturated carbocycles. The van der Waals surface area contributed by atoms with Gasteiger partial charge in [0, 0.05) is 31.9 Å². The Bertz CT molecular complexity index is 742. The minimum absolute atomic E-state index is 0. The van der Waals surface area contributed by atoms with Gasteiger partial charge in [-0.3, -0.25) is 9.67 Å². The van der Waals surface area contributed by atoms with Crippen molar-refractivity contribution < 1.29 is 4.74 Å². The van der Waals surface area contributed by atoms with Crippen LogP contribution in [0.2, 0.25) is 0 Å². The fraction of sp³-hybridized carbons (Fsp3) is 0.474. The summed E-state index contributed by atoms with van der Waals surface area (Å²) in [7, 11) is 3.73. The molecule has 6 nitrogen and oxygen atoms in total. The molecule has 2 rings (SSSR count). The van der Waals surface area contributed by atoms with Crippen LogP contribution in [0, 0.1) is 20.8 Å². The van der Waals surface area contributed by atoms with E-state index in [0.717, 1.165) is 23.1 Å². The number of rotatable bonds is 6. The average Bonchev–Trinajstić information content (AvgIpc) is 2.80. The second kappa shape index (κ2) is 10.4. The van der Waals surface area contributed by atoms with Gasteiger partial charge >= 0.3 is 0 Å². The van der Waals surface area contributed by atoms with Gasteiger partial charge in [-0.25, -0.2) is 0 Å². The number of ether oxygens (including phenoxy) is 1. The van der Waals surface area contributed by atoms with Crippen molar-refractivity contribution in [2.75, 3.05) is 13.6 Å². The molecule has 1 unspecified atom stereocenters. The van der Waals surface area contributed by atoms with E-state index in [4.69, 9.17) is 4.74 Å². The summed E-state index contributed by atoms with van der Waals surface area (Å²) in [6, 6.07) is 8.08. The molecule has 0 fully saturated rings. The molecule has 1 aromatic heterocycles. The molecular weight excluding hydrogens is 441 g/mol. The summed E-state index contributed by atoms with van der Waals surface area (Å²) >= 11 is 0. The van der Waals surface area contributed by atoms with Crippen LogP contribution in [0.25, 0.3) is 0 Å². The zero-order valence-corrected chi connectivity index (χ0v) is 18.8. The smallest absolute Gasteiger partial charge is 0.191 e. The zero-order valence-electron chi connectivity index (χ0n) is 16.5. The van der Waals surface area contributed by atoms with Gasteiger partial charge in [-0.05, 0) is 45.4 Å². The van der Waals surface area contributed by atoms with Crippen LogP contribution in [-0.2, 0) is 13.6 Å². The van der Waals surface area contributed by atoms with Gasteiger partial charge in [0.1, 0.15) is 11.9 Å². The van der Waals surface area contributed by atoms with E-state index in [1.165, 1.54) is 11.1 Å². The first-order valence-electron chi connectivity index (χ1n) is 8.57. The van der Waals surface area contributed by atoms with Crippen molar-refractivity contribution in [2.24, 2.45) is 12.0 Å². The number of hydrogen-bond acceptors (Lipinski definition) is 3. The summed E-state index contributed by atoms with van der Waals surface area (Å²) < 4.78 is 7.84. The number of aliphatic imine (C=N–C) groups is 1. The van der Waals surface area contributed by atoms with Crippen LogP contribution in [0.1, 0.15) is 29.4 Å². The first-order valence-corrected chi connectivity index (χ1v) is 8.57. The number of nitrogens with zero attached hydrogens (tertiary/aromatic N) is 3. The second-order valence-electron chi connectivity index (χ2n) is 6.32. The van der Waals surface area contributed by atoms with E-state index in [9.17, 15) is 0 Å². The monoisotopic (exact) mass is 471 g/mol. The quantitative estimate of drug-likeness (QED) is 0.386. The standard InChI is InChI=1S/C19H29N5O.HI/c1-13-8-7-9-17(10-13)25-14(2)11-21-19(20-5)22-12-18-15(3)23-24(6)16(18)4;/h7-10,14H,11-12H2,1-6H3,(H2,20,21,22);1H. The molecule has 0 aliphatic heterocycles. The molecule has 1 atom stereocenters. The van der Waals surface area contributed by atoms with Crippen molar-refractivity contribution in [3.63, 3.8) is 0 Å². The summed E-state index contributed by atoms with van der Waals surface area (Å²) in [4.78, 5) is 4.27. The van der Waals surface area contributed by atoms with Crippen LogP contribution in [-0.4, -0.2) is 35.4 Å². The van der Waals surface area contributed by atoms with Gasteiger partial charge in [0.15, 0.2) is 5.96 Å². The number of benzene rings is 1. The maximum absolute atomic E-state index is 5.94. The molecular formula is C19H30IN5O. The SMILES string of the molecule is CN=C(NCc1c(C)nn(C)c1C)NCC(C)Oc1cccc(C)c1.I. The van der Waals surface area contributed by atoms with E-state index < -0.39 is 0 Å². The zero-order chi connectivity index (χ0) is 18.4. The summed E-state index contributed by atoms with van der Waals surface area (Å²) in [5.74, 6) is 1.64. The van der Waals surface area contributed by atoms with Gasteiger partial charge < -0.3 is 15.4 Å². The van der Waals surface area contributed by atoms with Crippen LogP contribution < -0.4 is 15.4 Å². The highest BCUT2D eigenvalue weighted by Crippen LogP contribution is 2.14.